The van der Waals surface area contributed by atoms with Crippen LogP contribution in [0.25, 0.3) is 5.70 Å². The number of sulfonamides is 1. The molecule has 0 N–H and O–H groups in total. The zero-order valence-electron chi connectivity index (χ0n) is 14.6. The Labute approximate surface area is 158 Å². The molecule has 0 saturated heterocycles. The molecule has 0 spiro atoms. The molecule has 3 aromatic rings. The van der Waals surface area contributed by atoms with E-state index in [0.717, 1.165) is 9.87 Å². The van der Waals surface area contributed by atoms with Crippen LogP contribution in [-0.2, 0) is 10.0 Å². The predicted octanol–water partition coefficient (Wildman–Crippen LogP) is 4.03. The molecule has 5 heteroatoms. The van der Waals surface area contributed by atoms with E-state index >= 15 is 0 Å². The van der Waals surface area contributed by atoms with E-state index in [0.29, 0.717) is 16.7 Å². The third kappa shape index (κ3) is 2.96. The van der Waals surface area contributed by atoms with Gasteiger partial charge in [0.05, 0.1) is 16.2 Å². The average molecular weight is 374 g/mol. The Bertz CT molecular complexity index is 1150. The highest BCUT2D eigenvalue weighted by atomic mass is 32.2. The highest BCUT2D eigenvalue weighted by molar-refractivity contribution is 7.90. The minimum absolute atomic E-state index is 0.0709. The summed E-state index contributed by atoms with van der Waals surface area (Å²) >= 11 is 0. The smallest absolute Gasteiger partial charge is 0.268 e. The topological polar surface area (TPSA) is 54.5 Å². The van der Waals surface area contributed by atoms with Crippen LogP contribution in [0.2, 0.25) is 0 Å². The van der Waals surface area contributed by atoms with E-state index in [4.69, 9.17) is 0 Å². The summed E-state index contributed by atoms with van der Waals surface area (Å²) in [6.45, 7) is 1.88. The van der Waals surface area contributed by atoms with Gasteiger partial charge in [0, 0.05) is 11.6 Å². The van der Waals surface area contributed by atoms with Crippen LogP contribution in [-0.4, -0.2) is 18.6 Å². The van der Waals surface area contributed by atoms with Crippen molar-refractivity contribution in [3.05, 3.63) is 107 Å². The van der Waals surface area contributed by atoms with Crippen molar-refractivity contribution >= 4 is 21.6 Å². The van der Waals surface area contributed by atoms with E-state index in [1.807, 2.05) is 37.3 Å². The van der Waals surface area contributed by atoms with Crippen molar-refractivity contribution in [2.75, 3.05) is 0 Å². The lowest BCUT2D eigenvalue weighted by Gasteiger charge is -2.18. The van der Waals surface area contributed by atoms with E-state index in [-0.39, 0.29) is 10.6 Å². The Balaban J connectivity index is 1.92. The number of amides is 1. The number of hydrogen-bond acceptors (Lipinski definition) is 3. The van der Waals surface area contributed by atoms with Crippen LogP contribution in [0.1, 0.15) is 27.0 Å². The van der Waals surface area contributed by atoms with Crippen molar-refractivity contribution in [1.82, 2.24) is 4.31 Å². The van der Waals surface area contributed by atoms with Crippen molar-refractivity contribution in [2.45, 2.75) is 11.8 Å². The van der Waals surface area contributed by atoms with Crippen LogP contribution in [0.15, 0.2) is 83.8 Å². The van der Waals surface area contributed by atoms with Gasteiger partial charge in [-0.05, 0) is 30.7 Å². The summed E-state index contributed by atoms with van der Waals surface area (Å²) in [5.74, 6) is -0.565. The highest BCUT2D eigenvalue weighted by Crippen LogP contribution is 2.37. The molecule has 133 valence electrons. The van der Waals surface area contributed by atoms with Crippen molar-refractivity contribution in [3.8, 4) is 0 Å². The summed E-state index contributed by atoms with van der Waals surface area (Å²) in [5.41, 5.74) is 2.79. The number of aryl methyl sites for hydroxylation is 1. The molecule has 0 saturated carbocycles. The van der Waals surface area contributed by atoms with Crippen molar-refractivity contribution in [2.24, 2.45) is 0 Å². The van der Waals surface area contributed by atoms with Gasteiger partial charge in [-0.15, -0.1) is 0 Å². The number of carbonyl (C=O) groups is 1. The minimum Gasteiger partial charge on any atom is -0.268 e. The number of hydrogen-bond donors (Lipinski definition) is 0. The largest absolute Gasteiger partial charge is 0.273 e. The predicted molar refractivity (Wildman–Crippen MR) is 103 cm³/mol. The van der Waals surface area contributed by atoms with Gasteiger partial charge in [-0.25, -0.2) is 8.42 Å². The maximum absolute atomic E-state index is 13.3. The SMILES string of the molecule is Cc1ccc(S(=O)(=O)N2C(=O)c3ccccc3C2=[C]c2ccccc2)cc1. The van der Waals surface area contributed by atoms with Gasteiger partial charge in [-0.2, -0.15) is 4.31 Å². The second-order valence-corrected chi connectivity index (χ2v) is 8.06. The summed E-state index contributed by atoms with van der Waals surface area (Å²) in [5, 5.41) is 0. The van der Waals surface area contributed by atoms with Gasteiger partial charge in [-0.1, -0.05) is 66.2 Å². The fraction of sp³-hybridized carbons (Fsp3) is 0.0455. The van der Waals surface area contributed by atoms with Crippen LogP contribution in [0.4, 0.5) is 0 Å². The normalized spacial score (nSPS) is 15.2. The van der Waals surface area contributed by atoms with E-state index < -0.39 is 15.9 Å². The third-order valence-electron chi connectivity index (χ3n) is 4.40. The Hall–Kier alpha value is -3.18. The summed E-state index contributed by atoms with van der Waals surface area (Å²) in [6.07, 6.45) is 3.11. The second-order valence-electron chi connectivity index (χ2n) is 6.27. The van der Waals surface area contributed by atoms with E-state index in [1.54, 1.807) is 36.4 Å². The van der Waals surface area contributed by atoms with Crippen molar-refractivity contribution < 1.29 is 13.2 Å². The first-order valence-electron chi connectivity index (χ1n) is 8.43. The van der Waals surface area contributed by atoms with Gasteiger partial charge >= 0.3 is 0 Å². The Morgan fingerprint density at radius 2 is 1.37 bits per heavy atom. The summed E-state index contributed by atoms with van der Waals surface area (Å²) in [7, 11) is -4.06. The number of carbonyl (C=O) groups excluding carboxylic acids is 1. The van der Waals surface area contributed by atoms with Crippen LogP contribution < -0.4 is 0 Å². The monoisotopic (exact) mass is 374 g/mol. The third-order valence-corrected chi connectivity index (χ3v) is 6.09. The van der Waals surface area contributed by atoms with Gasteiger partial charge in [-0.3, -0.25) is 4.79 Å². The highest BCUT2D eigenvalue weighted by Gasteiger charge is 2.41. The molecule has 0 aromatic heterocycles. The first-order valence-corrected chi connectivity index (χ1v) is 9.87. The molecule has 4 nitrogen and oxygen atoms in total. The molecule has 0 aliphatic carbocycles. The zero-order valence-corrected chi connectivity index (χ0v) is 15.4. The summed E-state index contributed by atoms with van der Waals surface area (Å²) in [6, 6.07) is 22.5. The molecule has 3 aromatic carbocycles. The molecule has 0 bridgehead atoms. The second kappa shape index (κ2) is 6.52. The van der Waals surface area contributed by atoms with Crippen molar-refractivity contribution in [3.63, 3.8) is 0 Å². The first kappa shape index (κ1) is 17.2. The fourth-order valence-corrected chi connectivity index (χ4v) is 4.41. The summed E-state index contributed by atoms with van der Waals surface area (Å²) < 4.78 is 27.4. The lowest BCUT2D eigenvalue weighted by molar-refractivity contribution is 0.0917. The molecule has 27 heavy (non-hydrogen) atoms. The molecule has 1 amide bonds. The Morgan fingerprint density at radius 3 is 2.04 bits per heavy atom. The quantitative estimate of drug-likeness (QED) is 0.695. The Kier molecular flexibility index (Phi) is 4.16. The molecule has 0 unspecified atom stereocenters. The number of rotatable bonds is 3. The van der Waals surface area contributed by atoms with Gasteiger partial charge < -0.3 is 0 Å². The van der Waals surface area contributed by atoms with Crippen LogP contribution >= 0.6 is 0 Å². The van der Waals surface area contributed by atoms with E-state index in [1.165, 1.54) is 12.1 Å². The zero-order chi connectivity index (χ0) is 19.0. The number of fused-ring (bicyclic) bond motifs is 1. The average Bonchev–Trinajstić information content (AvgIpc) is 2.96. The van der Waals surface area contributed by atoms with Gasteiger partial charge in [0.15, 0.2) is 0 Å². The first-order chi connectivity index (χ1) is 13.0. The maximum atomic E-state index is 13.3. The number of benzene rings is 3. The Morgan fingerprint density at radius 1 is 0.778 bits per heavy atom. The molecule has 0 fully saturated rings. The molecule has 1 aliphatic rings. The molecular weight excluding hydrogens is 358 g/mol. The molecule has 4 rings (SSSR count). The van der Waals surface area contributed by atoms with Gasteiger partial charge in [0.25, 0.3) is 15.9 Å². The van der Waals surface area contributed by atoms with Crippen LogP contribution in [0.3, 0.4) is 0 Å². The molecule has 0 atom stereocenters. The molecular formula is C22H16NO3S. The minimum atomic E-state index is -4.06. The maximum Gasteiger partial charge on any atom is 0.273 e. The van der Waals surface area contributed by atoms with E-state index in [9.17, 15) is 13.2 Å². The molecule has 1 radical (unpaired) electrons. The summed E-state index contributed by atoms with van der Waals surface area (Å²) in [4.78, 5) is 13.0. The molecule has 1 heterocycles. The number of nitrogens with zero attached hydrogens (tertiary/aromatic N) is 1. The van der Waals surface area contributed by atoms with E-state index in [2.05, 4.69) is 6.08 Å². The lowest BCUT2D eigenvalue weighted by Crippen LogP contribution is -2.30. The van der Waals surface area contributed by atoms with Gasteiger partial charge in [0.2, 0.25) is 0 Å². The standard InChI is InChI=1S/C22H16NO3S/c1-16-11-13-18(14-12-16)27(25,26)23-21(15-17-7-3-2-4-8-17)19-9-5-6-10-20(19)22(23)24/h2-14H,1H3. The van der Waals surface area contributed by atoms with Crippen LogP contribution in [0, 0.1) is 13.0 Å². The fourth-order valence-electron chi connectivity index (χ4n) is 3.02. The van der Waals surface area contributed by atoms with Gasteiger partial charge in [0.1, 0.15) is 0 Å². The lowest BCUT2D eigenvalue weighted by atomic mass is 10.1. The van der Waals surface area contributed by atoms with Crippen LogP contribution in [0.5, 0.6) is 0 Å². The van der Waals surface area contributed by atoms with Crippen molar-refractivity contribution in [1.29, 1.82) is 0 Å². The molecule has 1 aliphatic heterocycles.